The van der Waals surface area contributed by atoms with E-state index in [1.54, 1.807) is 0 Å². The van der Waals surface area contributed by atoms with Crippen molar-refractivity contribution in [2.24, 2.45) is 5.92 Å². The summed E-state index contributed by atoms with van der Waals surface area (Å²) in [4.78, 5) is 10.9. The van der Waals surface area contributed by atoms with Crippen LogP contribution < -0.4 is 4.72 Å². The summed E-state index contributed by atoms with van der Waals surface area (Å²) in [6, 6.07) is -0.980. The maximum absolute atomic E-state index is 11.8. The molecular formula is C11H21NO4S. The third-order valence-corrected chi connectivity index (χ3v) is 4.68. The molecule has 1 aliphatic rings. The molecule has 0 aromatic carbocycles. The highest BCUT2D eigenvalue weighted by Gasteiger charge is 2.27. The van der Waals surface area contributed by atoms with Crippen LogP contribution in [0.4, 0.5) is 0 Å². The molecule has 0 heterocycles. The molecule has 0 radical (unpaired) electrons. The van der Waals surface area contributed by atoms with Gasteiger partial charge in [-0.05, 0) is 25.2 Å². The van der Waals surface area contributed by atoms with Gasteiger partial charge in [0.1, 0.15) is 6.04 Å². The molecule has 0 bridgehead atoms. The molecule has 0 saturated heterocycles. The predicted molar refractivity (Wildman–Crippen MR) is 65.2 cm³/mol. The molecule has 1 atom stereocenters. The van der Waals surface area contributed by atoms with Gasteiger partial charge in [-0.3, -0.25) is 4.79 Å². The van der Waals surface area contributed by atoms with E-state index in [-0.39, 0.29) is 11.7 Å². The Morgan fingerprint density at radius 3 is 2.47 bits per heavy atom. The van der Waals surface area contributed by atoms with E-state index >= 15 is 0 Å². The second-order valence-electron chi connectivity index (χ2n) is 4.73. The summed E-state index contributed by atoms with van der Waals surface area (Å²) in [6.07, 6.45) is 5.01. The Bertz CT molecular complexity index is 346. The Hall–Kier alpha value is -0.620. The van der Waals surface area contributed by atoms with Crippen molar-refractivity contribution in [2.45, 2.75) is 51.5 Å². The van der Waals surface area contributed by atoms with Crippen LogP contribution in [0.15, 0.2) is 0 Å². The molecular weight excluding hydrogens is 242 g/mol. The summed E-state index contributed by atoms with van der Waals surface area (Å²) in [5.41, 5.74) is 0. The molecule has 0 aromatic rings. The van der Waals surface area contributed by atoms with Gasteiger partial charge < -0.3 is 5.11 Å². The zero-order chi connectivity index (χ0) is 12.9. The molecule has 0 aliphatic heterocycles. The van der Waals surface area contributed by atoms with E-state index in [0.717, 1.165) is 25.7 Å². The number of carboxylic acid groups (broad SMARTS) is 1. The number of carboxylic acids is 1. The smallest absolute Gasteiger partial charge is 0.321 e. The Kier molecular flexibility index (Phi) is 5.39. The molecule has 0 amide bonds. The summed E-state index contributed by atoms with van der Waals surface area (Å²) in [6.45, 7) is 1.83. The van der Waals surface area contributed by atoms with Crippen LogP contribution in [0.1, 0.15) is 45.4 Å². The molecule has 1 saturated carbocycles. The maximum atomic E-state index is 11.8. The van der Waals surface area contributed by atoms with Gasteiger partial charge in [-0.1, -0.05) is 26.2 Å². The SMILES string of the molecule is CCCC(NS(=O)(=O)CC1CCCC1)C(=O)O. The number of nitrogens with one attached hydrogen (secondary N) is 1. The summed E-state index contributed by atoms with van der Waals surface area (Å²) in [5.74, 6) is -0.828. The second kappa shape index (κ2) is 6.35. The third kappa shape index (κ3) is 5.04. The minimum atomic E-state index is -3.46. The maximum Gasteiger partial charge on any atom is 0.321 e. The molecule has 1 fully saturated rings. The first-order valence-electron chi connectivity index (χ1n) is 6.17. The number of aliphatic carboxylic acids is 1. The van der Waals surface area contributed by atoms with E-state index in [4.69, 9.17) is 5.11 Å². The van der Waals surface area contributed by atoms with E-state index in [1.807, 2.05) is 6.92 Å². The van der Waals surface area contributed by atoms with Crippen LogP contribution in [-0.2, 0) is 14.8 Å². The Balaban J connectivity index is 2.53. The first kappa shape index (κ1) is 14.4. The van der Waals surface area contributed by atoms with E-state index in [1.165, 1.54) is 0 Å². The van der Waals surface area contributed by atoms with Crippen molar-refractivity contribution in [1.29, 1.82) is 0 Å². The lowest BCUT2D eigenvalue weighted by atomic mass is 10.1. The van der Waals surface area contributed by atoms with Gasteiger partial charge in [0.15, 0.2) is 0 Å². The van der Waals surface area contributed by atoms with Gasteiger partial charge in [0.2, 0.25) is 10.0 Å². The number of carbonyl (C=O) groups is 1. The fourth-order valence-electron chi connectivity index (χ4n) is 2.27. The fourth-order valence-corrected chi connectivity index (χ4v) is 3.98. The van der Waals surface area contributed by atoms with Crippen LogP contribution in [0.2, 0.25) is 0 Å². The van der Waals surface area contributed by atoms with Gasteiger partial charge in [-0.15, -0.1) is 0 Å². The van der Waals surface area contributed by atoms with Crippen molar-refractivity contribution in [3.8, 4) is 0 Å². The van der Waals surface area contributed by atoms with Crippen molar-refractivity contribution in [3.63, 3.8) is 0 Å². The molecule has 6 heteroatoms. The summed E-state index contributed by atoms with van der Waals surface area (Å²) >= 11 is 0. The zero-order valence-corrected chi connectivity index (χ0v) is 11.0. The van der Waals surface area contributed by atoms with Gasteiger partial charge >= 0.3 is 5.97 Å². The molecule has 5 nitrogen and oxygen atoms in total. The lowest BCUT2D eigenvalue weighted by Gasteiger charge is -2.16. The van der Waals surface area contributed by atoms with Crippen molar-refractivity contribution in [3.05, 3.63) is 0 Å². The third-order valence-electron chi connectivity index (χ3n) is 3.13. The lowest BCUT2D eigenvalue weighted by Crippen LogP contribution is -2.42. The van der Waals surface area contributed by atoms with Crippen LogP contribution in [0.25, 0.3) is 0 Å². The fraction of sp³-hybridized carbons (Fsp3) is 0.909. The first-order chi connectivity index (χ1) is 7.94. The largest absolute Gasteiger partial charge is 0.480 e. The van der Waals surface area contributed by atoms with E-state index in [0.29, 0.717) is 12.8 Å². The molecule has 0 spiro atoms. The highest BCUT2D eigenvalue weighted by molar-refractivity contribution is 7.89. The first-order valence-corrected chi connectivity index (χ1v) is 7.82. The molecule has 17 heavy (non-hydrogen) atoms. The lowest BCUT2D eigenvalue weighted by molar-refractivity contribution is -0.139. The van der Waals surface area contributed by atoms with E-state index in [2.05, 4.69) is 4.72 Å². The second-order valence-corrected chi connectivity index (χ2v) is 6.53. The van der Waals surface area contributed by atoms with Gasteiger partial charge in [-0.2, -0.15) is 0 Å². The summed E-state index contributed by atoms with van der Waals surface area (Å²) in [7, 11) is -3.46. The number of hydrogen-bond donors (Lipinski definition) is 2. The Labute approximate surface area is 103 Å². The topological polar surface area (TPSA) is 83.5 Å². The van der Waals surface area contributed by atoms with Crippen molar-refractivity contribution in [2.75, 3.05) is 5.75 Å². The summed E-state index contributed by atoms with van der Waals surface area (Å²) in [5, 5.41) is 8.90. The quantitative estimate of drug-likeness (QED) is 0.726. The number of rotatable bonds is 7. The molecule has 1 unspecified atom stereocenters. The molecule has 2 N–H and O–H groups in total. The van der Waals surface area contributed by atoms with Crippen LogP contribution >= 0.6 is 0 Å². The molecule has 100 valence electrons. The van der Waals surface area contributed by atoms with Crippen LogP contribution in [0.5, 0.6) is 0 Å². The van der Waals surface area contributed by atoms with Gasteiger partial charge in [-0.25, -0.2) is 13.1 Å². The predicted octanol–water partition coefficient (Wildman–Crippen LogP) is 1.35. The van der Waals surface area contributed by atoms with Crippen LogP contribution in [-0.4, -0.2) is 31.3 Å². The van der Waals surface area contributed by atoms with Crippen molar-refractivity contribution >= 4 is 16.0 Å². The van der Waals surface area contributed by atoms with Gasteiger partial charge in [0, 0.05) is 0 Å². The van der Waals surface area contributed by atoms with Crippen molar-refractivity contribution < 1.29 is 18.3 Å². The minimum Gasteiger partial charge on any atom is -0.480 e. The average molecular weight is 263 g/mol. The molecule has 1 aliphatic carbocycles. The van der Waals surface area contributed by atoms with E-state index < -0.39 is 22.0 Å². The average Bonchev–Trinajstić information content (AvgIpc) is 2.68. The molecule has 0 aromatic heterocycles. The standard InChI is InChI=1S/C11H21NO4S/c1-2-5-10(11(13)14)12-17(15,16)8-9-6-3-4-7-9/h9-10,12H,2-8H2,1H3,(H,13,14). The van der Waals surface area contributed by atoms with Crippen LogP contribution in [0, 0.1) is 5.92 Å². The monoisotopic (exact) mass is 263 g/mol. The normalized spacial score (nSPS) is 19.4. The van der Waals surface area contributed by atoms with Gasteiger partial charge in [0.05, 0.1) is 5.75 Å². The Morgan fingerprint density at radius 1 is 1.41 bits per heavy atom. The summed E-state index contributed by atoms with van der Waals surface area (Å²) < 4.78 is 25.9. The van der Waals surface area contributed by atoms with Crippen molar-refractivity contribution in [1.82, 2.24) is 4.72 Å². The molecule has 1 rings (SSSR count). The van der Waals surface area contributed by atoms with Crippen LogP contribution in [0.3, 0.4) is 0 Å². The highest BCUT2D eigenvalue weighted by atomic mass is 32.2. The number of sulfonamides is 1. The number of hydrogen-bond acceptors (Lipinski definition) is 3. The zero-order valence-electron chi connectivity index (χ0n) is 10.2. The van der Waals surface area contributed by atoms with E-state index in [9.17, 15) is 13.2 Å². The highest BCUT2D eigenvalue weighted by Crippen LogP contribution is 2.25. The van der Waals surface area contributed by atoms with Gasteiger partial charge in [0.25, 0.3) is 0 Å². The minimum absolute atomic E-state index is 0.0699. The Morgan fingerprint density at radius 2 is 2.00 bits per heavy atom.